The van der Waals surface area contributed by atoms with Crippen molar-refractivity contribution in [3.63, 3.8) is 0 Å². The van der Waals surface area contributed by atoms with Gasteiger partial charge < -0.3 is 9.47 Å². The number of hydrogen-bond acceptors (Lipinski definition) is 3. The van der Waals surface area contributed by atoms with Gasteiger partial charge in [0.1, 0.15) is 5.69 Å². The summed E-state index contributed by atoms with van der Waals surface area (Å²) in [4.78, 5) is 2.37. The highest BCUT2D eigenvalue weighted by atomic mass is 15.4. The van der Waals surface area contributed by atoms with E-state index in [9.17, 15) is 0 Å². The highest BCUT2D eigenvalue weighted by Gasteiger charge is 2.36. The van der Waals surface area contributed by atoms with E-state index in [1.807, 2.05) is 10.9 Å². The lowest BCUT2D eigenvalue weighted by Gasteiger charge is -2.42. The van der Waals surface area contributed by atoms with E-state index in [1.165, 1.54) is 44.3 Å². The van der Waals surface area contributed by atoms with Gasteiger partial charge in [-0.2, -0.15) is 0 Å². The van der Waals surface area contributed by atoms with E-state index < -0.39 is 0 Å². The molecule has 8 aromatic rings. The van der Waals surface area contributed by atoms with Crippen molar-refractivity contribution in [2.75, 3.05) is 4.90 Å². The molecular weight excluding hydrogens is 562 g/mol. The van der Waals surface area contributed by atoms with Crippen LogP contribution in [0.1, 0.15) is 25.0 Å². The Bertz CT molecular complexity index is 2310. The van der Waals surface area contributed by atoms with Gasteiger partial charge in [-0.15, -0.1) is 5.10 Å². The Morgan fingerprint density at radius 3 is 1.74 bits per heavy atom. The summed E-state index contributed by atoms with van der Waals surface area (Å²) in [5, 5.41) is 11.7. The maximum absolute atomic E-state index is 4.58. The minimum Gasteiger partial charge on any atom is -0.310 e. The lowest BCUT2D eigenvalue weighted by Crippen LogP contribution is -2.30. The number of fused-ring (bicyclic) bond motifs is 5. The normalized spacial score (nSPS) is 13.6. The molecule has 3 heterocycles. The first-order valence-corrected chi connectivity index (χ1v) is 15.7. The zero-order valence-corrected chi connectivity index (χ0v) is 25.7. The van der Waals surface area contributed by atoms with Crippen molar-refractivity contribution in [2.45, 2.75) is 19.3 Å². The second-order valence-corrected chi connectivity index (χ2v) is 12.5. The van der Waals surface area contributed by atoms with Crippen LogP contribution in [0.2, 0.25) is 0 Å². The Balaban J connectivity index is 1.07. The number of benzene rings is 6. The third-order valence-electron chi connectivity index (χ3n) is 9.48. The Morgan fingerprint density at radius 2 is 1.09 bits per heavy atom. The van der Waals surface area contributed by atoms with Gasteiger partial charge in [0.15, 0.2) is 0 Å². The second-order valence-electron chi connectivity index (χ2n) is 12.5. The molecule has 0 saturated heterocycles. The van der Waals surface area contributed by atoms with Crippen molar-refractivity contribution in [2.24, 2.45) is 0 Å². The number of hydrogen-bond donors (Lipinski definition) is 0. The standard InChI is InChI=1S/C41H31N5/c1-41(2)34-16-5-9-20-39(34)46(40-21-10-6-17-35(40)41)31-13-11-12-30(26-31)44-27-36(42-43-44)28-22-24-29(25-23-28)45-37-18-7-3-14-32(37)33-15-4-8-19-38(33)45/h3-27H,1-2H3. The number of anilines is 3. The average Bonchev–Trinajstić information content (AvgIpc) is 3.73. The molecule has 5 heteroatoms. The van der Waals surface area contributed by atoms with Crippen LogP contribution in [0, 0.1) is 0 Å². The zero-order valence-electron chi connectivity index (χ0n) is 25.7. The van der Waals surface area contributed by atoms with Gasteiger partial charge in [-0.3, -0.25) is 0 Å². The SMILES string of the molecule is CC1(C)c2ccccc2N(c2cccc(-n3cc(-c4ccc(-n5c6ccccc6c6ccccc65)cc4)nn3)c2)c2ccccc21. The third-order valence-corrected chi connectivity index (χ3v) is 9.48. The number of para-hydroxylation sites is 4. The quantitative estimate of drug-likeness (QED) is 0.204. The molecule has 0 amide bonds. The summed E-state index contributed by atoms with van der Waals surface area (Å²) in [5.41, 5.74) is 12.3. The highest BCUT2D eigenvalue weighted by Crippen LogP contribution is 2.51. The van der Waals surface area contributed by atoms with E-state index in [1.54, 1.807) is 0 Å². The molecule has 2 aromatic heterocycles. The Labute approximate surface area is 267 Å². The molecule has 1 aliphatic rings. The summed E-state index contributed by atoms with van der Waals surface area (Å²) in [7, 11) is 0. The molecule has 0 N–H and O–H groups in total. The topological polar surface area (TPSA) is 38.9 Å². The molecule has 9 rings (SSSR count). The van der Waals surface area contributed by atoms with Gasteiger partial charge in [0, 0.05) is 33.1 Å². The molecule has 0 fully saturated rings. The van der Waals surface area contributed by atoms with Gasteiger partial charge in [0.05, 0.1) is 34.3 Å². The van der Waals surface area contributed by atoms with Crippen molar-refractivity contribution < 1.29 is 0 Å². The van der Waals surface area contributed by atoms with Gasteiger partial charge >= 0.3 is 0 Å². The molecule has 46 heavy (non-hydrogen) atoms. The van der Waals surface area contributed by atoms with Gasteiger partial charge in [-0.1, -0.05) is 110 Å². The highest BCUT2D eigenvalue weighted by molar-refractivity contribution is 6.09. The molecule has 5 nitrogen and oxygen atoms in total. The van der Waals surface area contributed by atoms with Crippen molar-refractivity contribution in [1.82, 2.24) is 19.6 Å². The van der Waals surface area contributed by atoms with Crippen LogP contribution in [0.3, 0.4) is 0 Å². The second kappa shape index (κ2) is 10.0. The van der Waals surface area contributed by atoms with Crippen LogP contribution >= 0.6 is 0 Å². The molecule has 1 aliphatic heterocycles. The number of nitrogens with zero attached hydrogens (tertiary/aromatic N) is 5. The van der Waals surface area contributed by atoms with Crippen LogP contribution in [0.15, 0.2) is 152 Å². The monoisotopic (exact) mass is 593 g/mol. The third kappa shape index (κ3) is 3.95. The first-order chi connectivity index (χ1) is 22.6. The fourth-order valence-corrected chi connectivity index (χ4v) is 7.23. The lowest BCUT2D eigenvalue weighted by molar-refractivity contribution is 0.632. The predicted octanol–water partition coefficient (Wildman–Crippen LogP) is 10.1. The molecule has 0 unspecified atom stereocenters. The summed E-state index contributed by atoms with van der Waals surface area (Å²) in [5.74, 6) is 0. The van der Waals surface area contributed by atoms with E-state index in [-0.39, 0.29) is 5.41 Å². The van der Waals surface area contributed by atoms with Gasteiger partial charge in [-0.05, 0) is 65.7 Å². The van der Waals surface area contributed by atoms with Crippen molar-refractivity contribution in [3.05, 3.63) is 163 Å². The summed E-state index contributed by atoms with van der Waals surface area (Å²) in [6, 6.07) is 51.7. The summed E-state index contributed by atoms with van der Waals surface area (Å²) in [6.07, 6.45) is 2.01. The van der Waals surface area contributed by atoms with Crippen LogP contribution in [-0.4, -0.2) is 19.6 Å². The summed E-state index contributed by atoms with van der Waals surface area (Å²) in [6.45, 7) is 4.62. The van der Waals surface area contributed by atoms with E-state index in [2.05, 4.69) is 179 Å². The smallest absolute Gasteiger partial charge is 0.113 e. The maximum Gasteiger partial charge on any atom is 0.113 e. The fraction of sp³-hybridized carbons (Fsp3) is 0.0732. The molecule has 0 atom stereocenters. The van der Waals surface area contributed by atoms with Crippen LogP contribution in [0.4, 0.5) is 17.1 Å². The van der Waals surface area contributed by atoms with Crippen molar-refractivity contribution in [3.8, 4) is 22.6 Å². The molecular formula is C41H31N5. The summed E-state index contributed by atoms with van der Waals surface area (Å²) < 4.78 is 4.19. The molecule has 0 spiro atoms. The van der Waals surface area contributed by atoms with E-state index in [0.717, 1.165) is 28.3 Å². The minimum absolute atomic E-state index is 0.0980. The Kier molecular flexibility index (Phi) is 5.78. The van der Waals surface area contributed by atoms with Crippen LogP contribution in [-0.2, 0) is 5.41 Å². The van der Waals surface area contributed by atoms with Gasteiger partial charge in [0.2, 0.25) is 0 Å². The first kappa shape index (κ1) is 26.5. The molecule has 6 aromatic carbocycles. The van der Waals surface area contributed by atoms with Gasteiger partial charge in [0.25, 0.3) is 0 Å². The lowest BCUT2D eigenvalue weighted by atomic mass is 9.73. The van der Waals surface area contributed by atoms with Crippen LogP contribution in [0.5, 0.6) is 0 Å². The fourth-order valence-electron chi connectivity index (χ4n) is 7.23. The van der Waals surface area contributed by atoms with E-state index >= 15 is 0 Å². The van der Waals surface area contributed by atoms with E-state index in [0.29, 0.717) is 0 Å². The van der Waals surface area contributed by atoms with Crippen LogP contribution < -0.4 is 4.90 Å². The first-order valence-electron chi connectivity index (χ1n) is 15.7. The van der Waals surface area contributed by atoms with Crippen LogP contribution in [0.25, 0.3) is 44.4 Å². The van der Waals surface area contributed by atoms with Crippen molar-refractivity contribution in [1.29, 1.82) is 0 Å². The Morgan fingerprint density at radius 1 is 0.522 bits per heavy atom. The van der Waals surface area contributed by atoms with Gasteiger partial charge in [-0.25, -0.2) is 4.68 Å². The molecule has 0 aliphatic carbocycles. The molecule has 0 saturated carbocycles. The predicted molar refractivity (Wildman–Crippen MR) is 188 cm³/mol. The average molecular weight is 594 g/mol. The van der Waals surface area contributed by atoms with Crippen molar-refractivity contribution >= 4 is 38.9 Å². The minimum atomic E-state index is -0.0980. The number of aromatic nitrogens is 4. The molecule has 220 valence electrons. The maximum atomic E-state index is 4.58. The summed E-state index contributed by atoms with van der Waals surface area (Å²) >= 11 is 0. The zero-order chi connectivity index (χ0) is 30.8. The largest absolute Gasteiger partial charge is 0.310 e. The molecule has 0 bridgehead atoms. The Hall–Kier alpha value is -5.94. The molecule has 0 radical (unpaired) electrons. The van der Waals surface area contributed by atoms with E-state index in [4.69, 9.17) is 0 Å². The number of rotatable bonds is 4.